The lowest BCUT2D eigenvalue weighted by Crippen LogP contribution is -2.27. The van der Waals surface area contributed by atoms with E-state index in [0.717, 1.165) is 0 Å². The van der Waals surface area contributed by atoms with Crippen LogP contribution in [0.1, 0.15) is 6.92 Å². The Bertz CT molecular complexity index is 386. The van der Waals surface area contributed by atoms with Crippen molar-refractivity contribution in [2.75, 3.05) is 11.9 Å². The zero-order valence-electron chi connectivity index (χ0n) is 8.56. The largest absolute Gasteiger partial charge is 0.330 e. The lowest BCUT2D eigenvalue weighted by Gasteiger charge is -2.11. The Morgan fingerprint density at radius 1 is 1.38 bits per heavy atom. The van der Waals surface area contributed by atoms with Gasteiger partial charge in [-0.15, -0.1) is 0 Å². The third kappa shape index (κ3) is 2.73. The molecule has 0 saturated heterocycles. The Hall–Kier alpha value is -1.56. The topological polar surface area (TPSA) is 55.1 Å². The van der Waals surface area contributed by atoms with Crippen molar-refractivity contribution >= 4 is 11.6 Å². The molecule has 0 fully saturated rings. The summed E-state index contributed by atoms with van der Waals surface area (Å²) in [5.41, 5.74) is 4.56. The molecule has 0 bridgehead atoms. The SMILES string of the molecule is CC(CN)C(=O)Nc1c(F)cc(F)cc1F. The van der Waals surface area contributed by atoms with E-state index in [-0.39, 0.29) is 6.54 Å². The van der Waals surface area contributed by atoms with Gasteiger partial charge in [-0.25, -0.2) is 13.2 Å². The predicted molar refractivity (Wildman–Crippen MR) is 53.2 cm³/mol. The van der Waals surface area contributed by atoms with E-state index in [4.69, 9.17) is 5.73 Å². The van der Waals surface area contributed by atoms with E-state index in [0.29, 0.717) is 12.1 Å². The van der Waals surface area contributed by atoms with Crippen LogP contribution < -0.4 is 11.1 Å². The van der Waals surface area contributed by atoms with Gasteiger partial charge in [0.15, 0.2) is 11.6 Å². The van der Waals surface area contributed by atoms with Crippen molar-refractivity contribution in [3.05, 3.63) is 29.6 Å². The molecular weight excluding hydrogens is 221 g/mol. The second-order valence-electron chi connectivity index (χ2n) is 3.37. The lowest BCUT2D eigenvalue weighted by molar-refractivity contribution is -0.119. The average Bonchev–Trinajstić information content (AvgIpc) is 2.21. The molecule has 1 unspecified atom stereocenters. The van der Waals surface area contributed by atoms with Gasteiger partial charge < -0.3 is 11.1 Å². The van der Waals surface area contributed by atoms with Crippen LogP contribution >= 0.6 is 0 Å². The highest BCUT2D eigenvalue weighted by atomic mass is 19.1. The average molecular weight is 232 g/mol. The van der Waals surface area contributed by atoms with E-state index in [2.05, 4.69) is 0 Å². The number of nitrogens with one attached hydrogen (secondary N) is 1. The monoisotopic (exact) mass is 232 g/mol. The summed E-state index contributed by atoms with van der Waals surface area (Å²) in [7, 11) is 0. The fourth-order valence-corrected chi connectivity index (χ4v) is 1.02. The Balaban J connectivity index is 2.93. The van der Waals surface area contributed by atoms with Gasteiger partial charge in [0.05, 0.1) is 0 Å². The number of hydrogen-bond donors (Lipinski definition) is 2. The minimum atomic E-state index is -1.16. The fraction of sp³-hybridized carbons (Fsp3) is 0.300. The molecule has 16 heavy (non-hydrogen) atoms. The standard InChI is InChI=1S/C10H11F3N2O/c1-5(4-14)10(16)15-9-7(12)2-6(11)3-8(9)13/h2-3,5H,4,14H2,1H3,(H,15,16). The molecule has 0 aliphatic heterocycles. The molecular formula is C10H11F3N2O. The summed E-state index contributed by atoms with van der Waals surface area (Å²) in [6.07, 6.45) is 0. The number of halogens is 3. The smallest absolute Gasteiger partial charge is 0.228 e. The second kappa shape index (κ2) is 4.98. The van der Waals surface area contributed by atoms with E-state index >= 15 is 0 Å². The molecule has 0 aliphatic carbocycles. The van der Waals surface area contributed by atoms with Crippen LogP contribution in [-0.2, 0) is 4.79 Å². The number of hydrogen-bond acceptors (Lipinski definition) is 2. The molecule has 1 rings (SSSR count). The number of rotatable bonds is 3. The third-order valence-electron chi connectivity index (χ3n) is 2.06. The molecule has 0 saturated carbocycles. The Labute approximate surface area is 90.4 Å². The molecule has 1 amide bonds. The molecule has 0 spiro atoms. The minimum Gasteiger partial charge on any atom is -0.330 e. The van der Waals surface area contributed by atoms with E-state index in [9.17, 15) is 18.0 Å². The highest BCUT2D eigenvalue weighted by molar-refractivity contribution is 5.92. The van der Waals surface area contributed by atoms with Gasteiger partial charge in [-0.05, 0) is 0 Å². The number of nitrogens with two attached hydrogens (primary N) is 1. The summed E-state index contributed by atoms with van der Waals surface area (Å²) in [5, 5.41) is 2.02. The summed E-state index contributed by atoms with van der Waals surface area (Å²) in [6, 6.07) is 0.984. The zero-order chi connectivity index (χ0) is 12.3. The number of amides is 1. The van der Waals surface area contributed by atoms with Gasteiger partial charge in [0.25, 0.3) is 0 Å². The molecule has 3 nitrogen and oxygen atoms in total. The normalized spacial score (nSPS) is 12.3. The van der Waals surface area contributed by atoms with Crippen molar-refractivity contribution < 1.29 is 18.0 Å². The van der Waals surface area contributed by atoms with Gasteiger partial charge >= 0.3 is 0 Å². The van der Waals surface area contributed by atoms with Crippen LogP contribution in [-0.4, -0.2) is 12.5 Å². The van der Waals surface area contributed by atoms with Gasteiger partial charge in [0.2, 0.25) is 5.91 Å². The van der Waals surface area contributed by atoms with Gasteiger partial charge in [0, 0.05) is 24.6 Å². The van der Waals surface area contributed by atoms with Crippen LogP contribution in [0.3, 0.4) is 0 Å². The molecule has 0 heterocycles. The Morgan fingerprint density at radius 2 is 1.88 bits per heavy atom. The summed E-state index contributed by atoms with van der Waals surface area (Å²) >= 11 is 0. The van der Waals surface area contributed by atoms with Crippen molar-refractivity contribution in [1.29, 1.82) is 0 Å². The van der Waals surface area contributed by atoms with E-state index in [1.165, 1.54) is 6.92 Å². The summed E-state index contributed by atoms with van der Waals surface area (Å²) in [5.74, 6) is -4.55. The minimum absolute atomic E-state index is 0.0519. The maximum atomic E-state index is 13.1. The quantitative estimate of drug-likeness (QED) is 0.832. The summed E-state index contributed by atoms with van der Waals surface area (Å²) in [6.45, 7) is 1.56. The first kappa shape index (κ1) is 12.5. The predicted octanol–water partition coefficient (Wildman–Crippen LogP) is 1.64. The van der Waals surface area contributed by atoms with Gasteiger partial charge in [-0.2, -0.15) is 0 Å². The van der Waals surface area contributed by atoms with E-state index in [1.807, 2.05) is 5.32 Å². The third-order valence-corrected chi connectivity index (χ3v) is 2.06. The first-order chi connectivity index (χ1) is 7.45. The first-order valence-electron chi connectivity index (χ1n) is 4.61. The zero-order valence-corrected chi connectivity index (χ0v) is 8.56. The second-order valence-corrected chi connectivity index (χ2v) is 3.37. The molecule has 0 aromatic heterocycles. The van der Waals surface area contributed by atoms with Crippen molar-refractivity contribution in [3.8, 4) is 0 Å². The van der Waals surface area contributed by atoms with Gasteiger partial charge in [-0.3, -0.25) is 4.79 Å². The summed E-state index contributed by atoms with van der Waals surface area (Å²) < 4.78 is 38.8. The van der Waals surface area contributed by atoms with Crippen molar-refractivity contribution in [3.63, 3.8) is 0 Å². The fourth-order valence-electron chi connectivity index (χ4n) is 1.02. The van der Waals surface area contributed by atoms with Crippen LogP contribution in [0.4, 0.5) is 18.9 Å². The molecule has 3 N–H and O–H groups in total. The number of anilines is 1. The molecule has 0 radical (unpaired) electrons. The number of benzene rings is 1. The van der Waals surface area contributed by atoms with Gasteiger partial charge in [-0.1, -0.05) is 6.92 Å². The highest BCUT2D eigenvalue weighted by Crippen LogP contribution is 2.20. The van der Waals surface area contributed by atoms with Crippen LogP contribution in [0.25, 0.3) is 0 Å². The highest BCUT2D eigenvalue weighted by Gasteiger charge is 2.17. The van der Waals surface area contributed by atoms with Crippen molar-refractivity contribution in [2.45, 2.75) is 6.92 Å². The molecule has 1 aromatic rings. The molecule has 88 valence electrons. The maximum Gasteiger partial charge on any atom is 0.228 e. The molecule has 0 aliphatic rings. The Morgan fingerprint density at radius 3 is 2.31 bits per heavy atom. The van der Waals surface area contributed by atoms with Crippen molar-refractivity contribution in [2.24, 2.45) is 11.7 Å². The maximum absolute atomic E-state index is 13.1. The van der Waals surface area contributed by atoms with Crippen LogP contribution in [0, 0.1) is 23.4 Å². The first-order valence-corrected chi connectivity index (χ1v) is 4.61. The van der Waals surface area contributed by atoms with Crippen molar-refractivity contribution in [1.82, 2.24) is 0 Å². The van der Waals surface area contributed by atoms with Crippen LogP contribution in [0.15, 0.2) is 12.1 Å². The van der Waals surface area contributed by atoms with E-state index in [1.54, 1.807) is 0 Å². The molecule has 6 heteroatoms. The van der Waals surface area contributed by atoms with Crippen LogP contribution in [0.2, 0.25) is 0 Å². The molecule has 1 atom stereocenters. The van der Waals surface area contributed by atoms with Gasteiger partial charge in [0.1, 0.15) is 11.5 Å². The Kier molecular flexibility index (Phi) is 3.89. The molecule has 1 aromatic carbocycles. The lowest BCUT2D eigenvalue weighted by atomic mass is 10.1. The summed E-state index contributed by atoms with van der Waals surface area (Å²) in [4.78, 5) is 11.3. The number of carbonyl (C=O) groups excluding carboxylic acids is 1. The van der Waals surface area contributed by atoms with E-state index < -0.39 is 35.0 Å². The number of carbonyl (C=O) groups is 1. The van der Waals surface area contributed by atoms with Crippen LogP contribution in [0.5, 0.6) is 0 Å².